The van der Waals surface area contributed by atoms with Crippen LogP contribution >= 0.6 is 43.5 Å². The highest BCUT2D eigenvalue weighted by Gasteiger charge is 2.04. The predicted molar refractivity (Wildman–Crippen MR) is 81.8 cm³/mol. The normalized spacial score (nSPS) is 10.9. The third-order valence-corrected chi connectivity index (χ3v) is 3.43. The molecule has 0 aliphatic rings. The van der Waals surface area contributed by atoms with Crippen LogP contribution in [0.1, 0.15) is 5.56 Å². The van der Waals surface area contributed by atoms with Crippen molar-refractivity contribution in [2.75, 3.05) is 5.43 Å². The molecular formula is C11H7Br2ClN4O. The first-order valence-corrected chi connectivity index (χ1v) is 6.97. The smallest absolute Gasteiger partial charge is 0.166 e. The van der Waals surface area contributed by atoms with Crippen molar-refractivity contribution in [3.63, 3.8) is 0 Å². The van der Waals surface area contributed by atoms with Gasteiger partial charge in [-0.1, -0.05) is 11.6 Å². The highest BCUT2D eigenvalue weighted by Crippen LogP contribution is 2.32. The molecule has 2 aromatic rings. The van der Waals surface area contributed by atoms with Gasteiger partial charge in [0, 0.05) is 0 Å². The van der Waals surface area contributed by atoms with Crippen molar-refractivity contribution in [3.8, 4) is 5.75 Å². The number of phenolic OH excluding ortho intramolecular Hbond substituents is 1. The molecule has 0 bridgehead atoms. The lowest BCUT2D eigenvalue weighted by molar-refractivity contribution is 0.468. The standard InChI is InChI=1S/C11H7Br2ClN4O/c12-7-1-6(2-8(13)11(7)19)3-16-18-10-5-15-4-9(14)17-10/h1-5,19H,(H,17,18). The van der Waals surface area contributed by atoms with Crippen molar-refractivity contribution in [1.29, 1.82) is 0 Å². The Balaban J connectivity index is 2.11. The highest BCUT2D eigenvalue weighted by molar-refractivity contribution is 9.11. The number of halogens is 3. The average molecular weight is 406 g/mol. The fourth-order valence-corrected chi connectivity index (χ4v) is 2.60. The number of nitrogens with one attached hydrogen (secondary N) is 1. The van der Waals surface area contributed by atoms with Crippen molar-refractivity contribution >= 4 is 55.5 Å². The second-order valence-corrected chi connectivity index (χ2v) is 5.53. The monoisotopic (exact) mass is 404 g/mol. The van der Waals surface area contributed by atoms with Gasteiger partial charge in [-0.3, -0.25) is 10.4 Å². The third kappa shape index (κ3) is 3.89. The Morgan fingerprint density at radius 2 is 1.95 bits per heavy atom. The van der Waals surface area contributed by atoms with E-state index >= 15 is 0 Å². The van der Waals surface area contributed by atoms with Crippen molar-refractivity contribution in [3.05, 3.63) is 44.2 Å². The van der Waals surface area contributed by atoms with E-state index in [0.29, 0.717) is 14.8 Å². The zero-order valence-corrected chi connectivity index (χ0v) is 13.2. The molecule has 1 aromatic carbocycles. The van der Waals surface area contributed by atoms with E-state index in [9.17, 15) is 5.11 Å². The summed E-state index contributed by atoms with van der Waals surface area (Å²) >= 11 is 12.2. The summed E-state index contributed by atoms with van der Waals surface area (Å²) in [6.07, 6.45) is 4.52. The SMILES string of the molecule is Oc1c(Br)cc(C=NNc2cncc(Cl)n2)cc1Br. The Morgan fingerprint density at radius 1 is 1.26 bits per heavy atom. The number of rotatable bonds is 3. The molecule has 8 heteroatoms. The van der Waals surface area contributed by atoms with Crippen LogP contribution in [-0.4, -0.2) is 21.3 Å². The molecule has 0 aliphatic heterocycles. The lowest BCUT2D eigenvalue weighted by Crippen LogP contribution is -1.94. The van der Waals surface area contributed by atoms with Gasteiger partial charge in [0.1, 0.15) is 10.9 Å². The summed E-state index contributed by atoms with van der Waals surface area (Å²) in [4.78, 5) is 7.84. The number of benzene rings is 1. The molecule has 1 aromatic heterocycles. The molecule has 19 heavy (non-hydrogen) atoms. The van der Waals surface area contributed by atoms with Crippen LogP contribution in [0.15, 0.2) is 38.6 Å². The van der Waals surface area contributed by atoms with E-state index in [1.54, 1.807) is 18.3 Å². The van der Waals surface area contributed by atoms with Crippen molar-refractivity contribution in [1.82, 2.24) is 9.97 Å². The Bertz CT molecular complexity index is 613. The zero-order valence-electron chi connectivity index (χ0n) is 9.31. The molecule has 0 spiro atoms. The summed E-state index contributed by atoms with van der Waals surface area (Å²) in [6, 6.07) is 3.46. The summed E-state index contributed by atoms with van der Waals surface area (Å²) in [7, 11) is 0. The minimum absolute atomic E-state index is 0.144. The molecule has 0 saturated carbocycles. The van der Waals surface area contributed by atoms with Crippen molar-refractivity contribution in [2.24, 2.45) is 5.10 Å². The number of anilines is 1. The van der Waals surface area contributed by atoms with Gasteiger partial charge in [-0.15, -0.1) is 0 Å². The third-order valence-electron chi connectivity index (χ3n) is 2.04. The average Bonchev–Trinajstić information content (AvgIpc) is 2.36. The van der Waals surface area contributed by atoms with E-state index in [1.807, 2.05) is 0 Å². The lowest BCUT2D eigenvalue weighted by Gasteiger charge is -2.02. The van der Waals surface area contributed by atoms with Gasteiger partial charge in [-0.2, -0.15) is 5.10 Å². The zero-order chi connectivity index (χ0) is 13.8. The van der Waals surface area contributed by atoms with Crippen molar-refractivity contribution < 1.29 is 5.11 Å². The fraction of sp³-hybridized carbons (Fsp3) is 0. The van der Waals surface area contributed by atoms with Crippen LogP contribution in [0.3, 0.4) is 0 Å². The van der Waals surface area contributed by atoms with Gasteiger partial charge >= 0.3 is 0 Å². The first kappa shape index (κ1) is 14.2. The molecule has 1 heterocycles. The number of hydrogen-bond donors (Lipinski definition) is 2. The number of hydrazone groups is 1. The van der Waals surface area contributed by atoms with Crippen LogP contribution < -0.4 is 5.43 Å². The van der Waals surface area contributed by atoms with Crippen LogP contribution in [0.5, 0.6) is 5.75 Å². The maximum absolute atomic E-state index is 9.58. The van der Waals surface area contributed by atoms with Crippen LogP contribution in [0.4, 0.5) is 5.82 Å². The Hall–Kier alpha value is -1.18. The molecule has 98 valence electrons. The molecule has 0 atom stereocenters. The highest BCUT2D eigenvalue weighted by atomic mass is 79.9. The molecule has 0 fully saturated rings. The topological polar surface area (TPSA) is 70.4 Å². The van der Waals surface area contributed by atoms with Gasteiger partial charge in [0.15, 0.2) is 5.82 Å². The second kappa shape index (κ2) is 6.31. The fourth-order valence-electron chi connectivity index (χ4n) is 1.23. The Morgan fingerprint density at radius 3 is 2.58 bits per heavy atom. The van der Waals surface area contributed by atoms with Crippen molar-refractivity contribution in [2.45, 2.75) is 0 Å². The van der Waals surface area contributed by atoms with Crippen LogP contribution in [0, 0.1) is 0 Å². The summed E-state index contributed by atoms with van der Waals surface area (Å²) in [5.41, 5.74) is 3.50. The number of aromatic nitrogens is 2. The van der Waals surface area contributed by atoms with Gasteiger partial charge in [-0.05, 0) is 49.6 Å². The molecule has 2 N–H and O–H groups in total. The van der Waals surface area contributed by atoms with E-state index in [4.69, 9.17) is 11.6 Å². The second-order valence-electron chi connectivity index (χ2n) is 3.43. The van der Waals surface area contributed by atoms with Gasteiger partial charge in [0.25, 0.3) is 0 Å². The lowest BCUT2D eigenvalue weighted by atomic mass is 10.2. The summed E-state index contributed by atoms with van der Waals surface area (Å²) < 4.78 is 1.15. The molecule has 0 aliphatic carbocycles. The molecule has 0 amide bonds. The van der Waals surface area contributed by atoms with Gasteiger partial charge in [-0.25, -0.2) is 4.98 Å². The molecular weight excluding hydrogens is 399 g/mol. The minimum Gasteiger partial charge on any atom is -0.506 e. The summed E-state index contributed by atoms with van der Waals surface area (Å²) in [5, 5.41) is 13.9. The number of phenols is 1. The van der Waals surface area contributed by atoms with Crippen LogP contribution in [0.2, 0.25) is 5.15 Å². The maximum atomic E-state index is 9.58. The quantitative estimate of drug-likeness (QED) is 0.601. The van der Waals surface area contributed by atoms with E-state index in [2.05, 4.69) is 52.4 Å². The molecule has 0 radical (unpaired) electrons. The summed E-state index contributed by atoms with van der Waals surface area (Å²) in [5.74, 6) is 0.589. The van der Waals surface area contributed by atoms with E-state index in [0.717, 1.165) is 5.56 Å². The van der Waals surface area contributed by atoms with Gasteiger partial charge in [0.05, 0.1) is 27.6 Å². The minimum atomic E-state index is 0.144. The first-order valence-electron chi connectivity index (χ1n) is 5.01. The number of aromatic hydroxyl groups is 1. The molecule has 0 saturated heterocycles. The van der Waals surface area contributed by atoms with Crippen LogP contribution in [-0.2, 0) is 0 Å². The largest absolute Gasteiger partial charge is 0.506 e. The molecule has 0 unspecified atom stereocenters. The first-order chi connectivity index (χ1) is 9.06. The predicted octanol–water partition coefficient (Wildman–Crippen LogP) is 3.81. The van der Waals surface area contributed by atoms with E-state index < -0.39 is 0 Å². The van der Waals surface area contributed by atoms with E-state index in [-0.39, 0.29) is 10.9 Å². The van der Waals surface area contributed by atoms with E-state index in [1.165, 1.54) is 12.4 Å². The molecule has 2 rings (SSSR count). The van der Waals surface area contributed by atoms with Crippen LogP contribution in [0.25, 0.3) is 0 Å². The Kier molecular flexibility index (Phi) is 4.73. The number of hydrogen-bond acceptors (Lipinski definition) is 5. The summed E-state index contributed by atoms with van der Waals surface area (Å²) in [6.45, 7) is 0. The Labute approximate surface area is 131 Å². The number of nitrogens with zero attached hydrogens (tertiary/aromatic N) is 3. The molecule has 5 nitrogen and oxygen atoms in total. The van der Waals surface area contributed by atoms with Gasteiger partial charge < -0.3 is 5.11 Å². The maximum Gasteiger partial charge on any atom is 0.166 e. The van der Waals surface area contributed by atoms with Gasteiger partial charge in [0.2, 0.25) is 0 Å².